The maximum absolute atomic E-state index is 11.3. The van der Waals surface area contributed by atoms with Crippen LogP contribution in [0.5, 0.6) is 11.5 Å². The molecular formula is C18H16ClN2O5S-. The lowest BCUT2D eigenvalue weighted by Gasteiger charge is -2.12. The number of hydrogen-bond acceptors (Lipinski definition) is 5. The second-order valence-electron chi connectivity index (χ2n) is 5.77. The Bertz CT molecular complexity index is 1020. The SMILES string of the molecule is Cc1c(Oc2ccc(Cl)cc2)c2c(NCS(=O)[O-])cccc2n1CC(=O)O. The number of hydrogen-bond donors (Lipinski definition) is 2. The van der Waals surface area contributed by atoms with Crippen LogP contribution in [0.1, 0.15) is 5.69 Å². The van der Waals surface area contributed by atoms with Crippen LogP contribution in [-0.4, -0.2) is 30.3 Å². The third-order valence-electron chi connectivity index (χ3n) is 4.00. The zero-order valence-corrected chi connectivity index (χ0v) is 15.8. The molecule has 0 saturated carbocycles. The van der Waals surface area contributed by atoms with Gasteiger partial charge in [0, 0.05) is 10.7 Å². The molecule has 0 aliphatic rings. The van der Waals surface area contributed by atoms with Crippen LogP contribution in [0.2, 0.25) is 5.02 Å². The quantitative estimate of drug-likeness (QED) is 0.578. The van der Waals surface area contributed by atoms with E-state index < -0.39 is 17.0 Å². The Balaban J connectivity index is 2.16. The molecule has 9 heteroatoms. The third-order valence-corrected chi connectivity index (χ3v) is 4.63. The largest absolute Gasteiger partial charge is 0.771 e. The van der Waals surface area contributed by atoms with Gasteiger partial charge in [0.25, 0.3) is 0 Å². The fourth-order valence-electron chi connectivity index (χ4n) is 2.86. The van der Waals surface area contributed by atoms with Crippen molar-refractivity contribution in [1.29, 1.82) is 0 Å². The molecule has 2 N–H and O–H groups in total. The van der Waals surface area contributed by atoms with Gasteiger partial charge in [0.1, 0.15) is 12.3 Å². The number of fused-ring (bicyclic) bond motifs is 1. The molecule has 142 valence electrons. The summed E-state index contributed by atoms with van der Waals surface area (Å²) in [6.07, 6.45) is 0. The first-order valence-electron chi connectivity index (χ1n) is 7.93. The van der Waals surface area contributed by atoms with E-state index in [1.165, 1.54) is 0 Å². The van der Waals surface area contributed by atoms with Gasteiger partial charge < -0.3 is 24.3 Å². The molecule has 7 nitrogen and oxygen atoms in total. The molecule has 3 rings (SSSR count). The van der Waals surface area contributed by atoms with E-state index in [1.807, 2.05) is 0 Å². The fraction of sp³-hybridized carbons (Fsp3) is 0.167. The van der Waals surface area contributed by atoms with E-state index in [1.54, 1.807) is 54.0 Å². The topological polar surface area (TPSA) is 104 Å². The normalized spacial score (nSPS) is 12.1. The number of ether oxygens (including phenoxy) is 1. The van der Waals surface area contributed by atoms with Crippen molar-refractivity contribution in [2.45, 2.75) is 13.5 Å². The summed E-state index contributed by atoms with van der Waals surface area (Å²) < 4.78 is 29.5. The first-order valence-corrected chi connectivity index (χ1v) is 9.55. The Labute approximate surface area is 162 Å². The van der Waals surface area contributed by atoms with E-state index in [2.05, 4.69) is 5.32 Å². The van der Waals surface area contributed by atoms with Gasteiger partial charge >= 0.3 is 5.97 Å². The van der Waals surface area contributed by atoms with Crippen LogP contribution >= 0.6 is 11.6 Å². The highest BCUT2D eigenvalue weighted by Crippen LogP contribution is 2.40. The second kappa shape index (κ2) is 7.99. The number of carbonyl (C=O) groups is 1. The minimum Gasteiger partial charge on any atom is -0.771 e. The number of anilines is 1. The molecule has 2 aromatic carbocycles. The van der Waals surface area contributed by atoms with Crippen LogP contribution in [0.4, 0.5) is 5.69 Å². The average Bonchev–Trinajstić information content (AvgIpc) is 2.87. The number of halogens is 1. The summed E-state index contributed by atoms with van der Waals surface area (Å²) in [6.45, 7) is 1.51. The maximum Gasteiger partial charge on any atom is 0.323 e. The molecule has 1 aromatic heterocycles. The zero-order valence-electron chi connectivity index (χ0n) is 14.3. The predicted octanol–water partition coefficient (Wildman–Crippen LogP) is 3.73. The van der Waals surface area contributed by atoms with E-state index in [0.717, 1.165) is 0 Å². The van der Waals surface area contributed by atoms with E-state index in [9.17, 15) is 18.7 Å². The first kappa shape index (κ1) is 19.2. The summed E-state index contributed by atoms with van der Waals surface area (Å²) in [4.78, 5) is 11.3. The van der Waals surface area contributed by atoms with Crippen LogP contribution in [-0.2, 0) is 22.4 Å². The minimum atomic E-state index is -2.28. The maximum atomic E-state index is 11.3. The van der Waals surface area contributed by atoms with Crippen LogP contribution < -0.4 is 10.1 Å². The first-order chi connectivity index (χ1) is 12.9. The van der Waals surface area contributed by atoms with E-state index >= 15 is 0 Å². The van der Waals surface area contributed by atoms with Gasteiger partial charge in [-0.1, -0.05) is 17.7 Å². The second-order valence-corrected chi connectivity index (χ2v) is 7.11. The Morgan fingerprint density at radius 1 is 1.30 bits per heavy atom. The standard InChI is InChI=1S/C18H17ClN2O5S/c1-11-18(26-13-7-5-12(19)6-8-13)17-14(20-10-27(24)25)3-2-4-15(17)21(11)9-16(22)23/h2-8,20H,9-10H2,1H3,(H,22,23)(H,24,25)/p-1. The molecule has 0 amide bonds. The van der Waals surface area contributed by atoms with Gasteiger partial charge in [-0.2, -0.15) is 0 Å². The molecule has 3 aromatic rings. The van der Waals surface area contributed by atoms with Crippen molar-refractivity contribution in [3.63, 3.8) is 0 Å². The Hall–Kier alpha value is -2.55. The molecule has 0 aliphatic carbocycles. The minimum absolute atomic E-state index is 0.247. The molecule has 1 unspecified atom stereocenters. The highest BCUT2D eigenvalue weighted by atomic mass is 35.5. The molecule has 0 radical (unpaired) electrons. The lowest BCUT2D eigenvalue weighted by molar-refractivity contribution is -0.137. The van der Waals surface area contributed by atoms with Crippen molar-refractivity contribution >= 4 is 45.2 Å². The van der Waals surface area contributed by atoms with E-state index in [4.69, 9.17) is 16.3 Å². The third kappa shape index (κ3) is 4.24. The van der Waals surface area contributed by atoms with Crippen molar-refractivity contribution in [1.82, 2.24) is 4.57 Å². The van der Waals surface area contributed by atoms with Gasteiger partial charge in [-0.05, 0) is 54.4 Å². The summed E-state index contributed by atoms with van der Waals surface area (Å²) in [7, 11) is 0. The van der Waals surface area contributed by atoms with Crippen molar-refractivity contribution in [3.05, 3.63) is 53.2 Å². The lowest BCUT2D eigenvalue weighted by atomic mass is 10.2. The Morgan fingerprint density at radius 3 is 2.63 bits per heavy atom. The van der Waals surface area contributed by atoms with Gasteiger partial charge in [0.15, 0.2) is 5.75 Å². The summed E-state index contributed by atoms with van der Waals surface area (Å²) >= 11 is 3.62. The predicted molar refractivity (Wildman–Crippen MR) is 103 cm³/mol. The van der Waals surface area contributed by atoms with Gasteiger partial charge in [-0.3, -0.25) is 9.00 Å². The van der Waals surface area contributed by atoms with Crippen molar-refractivity contribution in [2.75, 3.05) is 11.2 Å². The van der Waals surface area contributed by atoms with Gasteiger partial charge in [0.05, 0.1) is 22.5 Å². The average molecular weight is 408 g/mol. The molecule has 27 heavy (non-hydrogen) atoms. The number of aliphatic carboxylic acids is 1. The summed E-state index contributed by atoms with van der Waals surface area (Å²) in [5.74, 6) is -0.289. The van der Waals surface area contributed by atoms with Gasteiger partial charge in [-0.25, -0.2) is 0 Å². The van der Waals surface area contributed by atoms with Crippen molar-refractivity contribution in [3.8, 4) is 11.5 Å². The molecular weight excluding hydrogens is 392 g/mol. The highest BCUT2D eigenvalue weighted by Gasteiger charge is 2.20. The highest BCUT2D eigenvalue weighted by molar-refractivity contribution is 7.79. The Kier molecular flexibility index (Phi) is 5.69. The summed E-state index contributed by atoms with van der Waals surface area (Å²) in [5.41, 5.74) is 1.77. The molecule has 0 saturated heterocycles. The number of nitrogens with one attached hydrogen (secondary N) is 1. The number of aromatic nitrogens is 1. The molecule has 0 bridgehead atoms. The molecule has 1 atom stereocenters. The number of nitrogens with zero attached hydrogens (tertiary/aromatic N) is 1. The number of rotatable bonds is 7. The Morgan fingerprint density at radius 2 is 2.00 bits per heavy atom. The van der Waals surface area contributed by atoms with Crippen LogP contribution in [0, 0.1) is 6.92 Å². The number of carboxylic acid groups (broad SMARTS) is 1. The molecule has 1 heterocycles. The monoisotopic (exact) mass is 407 g/mol. The van der Waals surface area contributed by atoms with Crippen molar-refractivity contribution in [2.24, 2.45) is 0 Å². The zero-order chi connectivity index (χ0) is 19.6. The number of benzene rings is 2. The lowest BCUT2D eigenvalue weighted by Crippen LogP contribution is -2.10. The summed E-state index contributed by atoms with van der Waals surface area (Å²) in [5, 5.41) is 13.3. The van der Waals surface area contributed by atoms with Gasteiger partial charge in [-0.15, -0.1) is 0 Å². The van der Waals surface area contributed by atoms with Gasteiger partial charge in [0.2, 0.25) is 0 Å². The molecule has 0 aliphatic heterocycles. The van der Waals surface area contributed by atoms with Crippen molar-refractivity contribution < 1.29 is 23.4 Å². The smallest absolute Gasteiger partial charge is 0.323 e. The molecule has 0 fully saturated rings. The number of carboxylic acids is 1. The molecule has 0 spiro atoms. The van der Waals surface area contributed by atoms with Crippen LogP contribution in [0.3, 0.4) is 0 Å². The van der Waals surface area contributed by atoms with Crippen LogP contribution in [0.15, 0.2) is 42.5 Å². The summed E-state index contributed by atoms with van der Waals surface area (Å²) in [6, 6.07) is 12.0. The van der Waals surface area contributed by atoms with E-state index in [-0.39, 0.29) is 12.4 Å². The fourth-order valence-corrected chi connectivity index (χ4v) is 3.26. The van der Waals surface area contributed by atoms with Crippen LogP contribution in [0.25, 0.3) is 10.9 Å². The van der Waals surface area contributed by atoms with E-state index in [0.29, 0.717) is 38.8 Å².